The first-order valence-corrected chi connectivity index (χ1v) is 5.80. The van der Waals surface area contributed by atoms with Gasteiger partial charge in [0.2, 0.25) is 0 Å². The van der Waals surface area contributed by atoms with E-state index in [2.05, 4.69) is 10.4 Å². The minimum absolute atomic E-state index is 0.368. The lowest BCUT2D eigenvalue weighted by molar-refractivity contribution is 0.151. The summed E-state index contributed by atoms with van der Waals surface area (Å²) in [4.78, 5) is 11.3. The van der Waals surface area contributed by atoms with Crippen LogP contribution in [-0.4, -0.2) is 22.5 Å². The molecule has 0 saturated heterocycles. The molecule has 0 bridgehead atoms. The predicted octanol–water partition coefficient (Wildman–Crippen LogP) is 2.12. The van der Waals surface area contributed by atoms with Gasteiger partial charge >= 0.3 is 6.09 Å². The summed E-state index contributed by atoms with van der Waals surface area (Å²) in [6.45, 7) is 2.55. The average Bonchev–Trinajstić information content (AvgIpc) is 2.91. The lowest BCUT2D eigenvalue weighted by Crippen LogP contribution is -2.24. The number of alkyl carbamates (subject to hydrolysis) is 1. The van der Waals surface area contributed by atoms with Crippen LogP contribution < -0.4 is 5.32 Å². The molecule has 1 N–H and O–H groups in total. The van der Waals surface area contributed by atoms with Crippen LogP contribution >= 0.6 is 0 Å². The first kappa shape index (κ1) is 12.2. The summed E-state index contributed by atoms with van der Waals surface area (Å²) in [6, 6.07) is 9.62. The lowest BCUT2D eigenvalue weighted by Gasteiger charge is -2.10. The Balaban J connectivity index is 2.11. The molecule has 2 rings (SSSR count). The summed E-state index contributed by atoms with van der Waals surface area (Å²) >= 11 is 0. The van der Waals surface area contributed by atoms with Crippen molar-refractivity contribution in [3.8, 4) is 5.69 Å². The molecule has 0 aliphatic heterocycles. The molecule has 0 spiro atoms. The smallest absolute Gasteiger partial charge is 0.407 e. The molecular weight excluding hydrogens is 230 g/mol. The Morgan fingerprint density at radius 2 is 2.22 bits per heavy atom. The fraction of sp³-hybridized carbons (Fsp3) is 0.231. The molecule has 1 aromatic heterocycles. The molecular formula is C13H15N3O2. The molecule has 0 fully saturated rings. The average molecular weight is 245 g/mol. The van der Waals surface area contributed by atoms with Crippen LogP contribution in [0, 0.1) is 0 Å². The molecule has 2 aromatic rings. The van der Waals surface area contributed by atoms with Crippen LogP contribution in [0.2, 0.25) is 0 Å². The predicted molar refractivity (Wildman–Crippen MR) is 67.4 cm³/mol. The molecule has 18 heavy (non-hydrogen) atoms. The van der Waals surface area contributed by atoms with Crippen molar-refractivity contribution in [3.05, 3.63) is 48.3 Å². The number of ether oxygens (including phenoxy) is 1. The first-order valence-electron chi connectivity index (χ1n) is 5.80. The van der Waals surface area contributed by atoms with E-state index in [0.717, 1.165) is 11.3 Å². The van der Waals surface area contributed by atoms with Crippen molar-refractivity contribution in [1.29, 1.82) is 0 Å². The van der Waals surface area contributed by atoms with Crippen LogP contribution in [0.1, 0.15) is 12.5 Å². The number of para-hydroxylation sites is 1. The summed E-state index contributed by atoms with van der Waals surface area (Å²) in [5.74, 6) is 0. The summed E-state index contributed by atoms with van der Waals surface area (Å²) in [5.41, 5.74) is 1.92. The largest absolute Gasteiger partial charge is 0.450 e. The van der Waals surface area contributed by atoms with Gasteiger partial charge in [-0.25, -0.2) is 9.48 Å². The van der Waals surface area contributed by atoms with Crippen molar-refractivity contribution < 1.29 is 9.53 Å². The van der Waals surface area contributed by atoms with E-state index in [1.54, 1.807) is 17.8 Å². The number of hydrogen-bond donors (Lipinski definition) is 1. The number of carbonyl (C=O) groups excluding carboxylic acids is 1. The molecule has 0 atom stereocenters. The monoisotopic (exact) mass is 245 g/mol. The van der Waals surface area contributed by atoms with E-state index in [9.17, 15) is 4.79 Å². The van der Waals surface area contributed by atoms with Gasteiger partial charge in [-0.15, -0.1) is 0 Å². The molecule has 0 aliphatic rings. The number of rotatable bonds is 4. The number of amides is 1. The second-order valence-corrected chi connectivity index (χ2v) is 3.65. The fourth-order valence-corrected chi connectivity index (χ4v) is 1.64. The van der Waals surface area contributed by atoms with Gasteiger partial charge in [0.25, 0.3) is 0 Å². The Labute approximate surface area is 105 Å². The summed E-state index contributed by atoms with van der Waals surface area (Å²) in [5, 5.41) is 6.88. The van der Waals surface area contributed by atoms with E-state index in [1.807, 2.05) is 36.5 Å². The number of nitrogens with one attached hydrogen (secondary N) is 1. The van der Waals surface area contributed by atoms with Gasteiger partial charge in [-0.1, -0.05) is 18.2 Å². The van der Waals surface area contributed by atoms with Crippen LogP contribution in [-0.2, 0) is 11.3 Å². The Bertz CT molecular complexity index is 509. The van der Waals surface area contributed by atoms with Gasteiger partial charge in [-0.2, -0.15) is 5.10 Å². The Morgan fingerprint density at radius 3 is 2.94 bits per heavy atom. The van der Waals surface area contributed by atoms with Gasteiger partial charge in [0.15, 0.2) is 0 Å². The number of aromatic nitrogens is 2. The normalized spacial score (nSPS) is 10.1. The summed E-state index contributed by atoms with van der Waals surface area (Å²) in [7, 11) is 0. The topological polar surface area (TPSA) is 56.1 Å². The Hall–Kier alpha value is -2.30. The first-order chi connectivity index (χ1) is 8.81. The maximum absolute atomic E-state index is 11.3. The maximum atomic E-state index is 11.3. The fourth-order valence-electron chi connectivity index (χ4n) is 1.64. The van der Waals surface area contributed by atoms with Crippen LogP contribution in [0.4, 0.5) is 4.79 Å². The van der Waals surface area contributed by atoms with Crippen LogP contribution in [0.25, 0.3) is 5.69 Å². The number of carbonyl (C=O) groups is 1. The molecule has 1 aromatic carbocycles. The zero-order chi connectivity index (χ0) is 12.8. The Morgan fingerprint density at radius 1 is 1.39 bits per heavy atom. The third kappa shape index (κ3) is 2.88. The van der Waals surface area contributed by atoms with Crippen LogP contribution in [0.15, 0.2) is 42.7 Å². The van der Waals surface area contributed by atoms with Crippen molar-refractivity contribution in [3.63, 3.8) is 0 Å². The van der Waals surface area contributed by atoms with Crippen LogP contribution in [0.5, 0.6) is 0 Å². The molecule has 1 heterocycles. The van der Waals surface area contributed by atoms with Gasteiger partial charge in [-0.05, 0) is 24.6 Å². The van der Waals surface area contributed by atoms with Gasteiger partial charge in [0.1, 0.15) is 0 Å². The molecule has 0 saturated carbocycles. The highest BCUT2D eigenvalue weighted by Gasteiger charge is 2.06. The van der Waals surface area contributed by atoms with Crippen molar-refractivity contribution in [2.75, 3.05) is 6.61 Å². The van der Waals surface area contributed by atoms with Gasteiger partial charge < -0.3 is 10.1 Å². The van der Waals surface area contributed by atoms with Gasteiger partial charge in [-0.3, -0.25) is 0 Å². The van der Waals surface area contributed by atoms with E-state index < -0.39 is 6.09 Å². The number of benzene rings is 1. The quantitative estimate of drug-likeness (QED) is 0.897. The summed E-state index contributed by atoms with van der Waals surface area (Å²) < 4.78 is 6.59. The third-order valence-corrected chi connectivity index (χ3v) is 2.44. The molecule has 0 aliphatic carbocycles. The zero-order valence-corrected chi connectivity index (χ0v) is 10.2. The minimum Gasteiger partial charge on any atom is -0.450 e. The molecule has 0 radical (unpaired) electrons. The molecule has 0 unspecified atom stereocenters. The minimum atomic E-state index is -0.409. The van der Waals surface area contributed by atoms with Crippen molar-refractivity contribution >= 4 is 6.09 Å². The van der Waals surface area contributed by atoms with E-state index in [0.29, 0.717) is 13.2 Å². The SMILES string of the molecule is CCOC(=O)NCc1ccccc1-n1cccn1. The van der Waals surface area contributed by atoms with E-state index in [-0.39, 0.29) is 0 Å². The van der Waals surface area contributed by atoms with Crippen LogP contribution in [0.3, 0.4) is 0 Å². The second kappa shape index (κ2) is 5.86. The van der Waals surface area contributed by atoms with Gasteiger partial charge in [0, 0.05) is 18.9 Å². The molecule has 94 valence electrons. The van der Waals surface area contributed by atoms with Crippen molar-refractivity contribution in [2.24, 2.45) is 0 Å². The third-order valence-electron chi connectivity index (χ3n) is 2.44. The Kier molecular flexibility index (Phi) is 3.96. The number of hydrogen-bond acceptors (Lipinski definition) is 3. The maximum Gasteiger partial charge on any atom is 0.407 e. The lowest BCUT2D eigenvalue weighted by atomic mass is 10.2. The number of nitrogens with zero attached hydrogens (tertiary/aromatic N) is 2. The van der Waals surface area contributed by atoms with Crippen molar-refractivity contribution in [1.82, 2.24) is 15.1 Å². The highest BCUT2D eigenvalue weighted by Crippen LogP contribution is 2.12. The molecule has 5 heteroatoms. The highest BCUT2D eigenvalue weighted by atomic mass is 16.5. The molecule has 1 amide bonds. The summed E-state index contributed by atoms with van der Waals surface area (Å²) in [6.07, 6.45) is 3.17. The standard InChI is InChI=1S/C13H15N3O2/c1-2-18-13(17)14-10-11-6-3-4-7-12(11)16-9-5-8-15-16/h3-9H,2,10H2,1H3,(H,14,17). The second-order valence-electron chi connectivity index (χ2n) is 3.65. The van der Waals surface area contributed by atoms with E-state index >= 15 is 0 Å². The van der Waals surface area contributed by atoms with E-state index in [1.165, 1.54) is 0 Å². The van der Waals surface area contributed by atoms with Gasteiger partial charge in [0.05, 0.1) is 12.3 Å². The molecule has 5 nitrogen and oxygen atoms in total. The highest BCUT2D eigenvalue weighted by molar-refractivity contribution is 5.67. The van der Waals surface area contributed by atoms with Crippen molar-refractivity contribution in [2.45, 2.75) is 13.5 Å². The zero-order valence-electron chi connectivity index (χ0n) is 10.2. The van der Waals surface area contributed by atoms with E-state index in [4.69, 9.17) is 4.74 Å².